The fourth-order valence-electron chi connectivity index (χ4n) is 2.64. The third-order valence-corrected chi connectivity index (χ3v) is 3.37. The monoisotopic (exact) mass is 174 g/mol. The highest BCUT2D eigenvalue weighted by atomic mass is 14.3. The quantitative estimate of drug-likeness (QED) is 0.610. The molecule has 1 aromatic carbocycles. The first-order chi connectivity index (χ1) is 6.24. The molecule has 1 unspecified atom stereocenters. The van der Waals surface area contributed by atoms with Gasteiger partial charge in [0.1, 0.15) is 0 Å². The molecule has 0 nitrogen and oxygen atoms in total. The lowest BCUT2D eigenvalue weighted by Crippen LogP contribution is -1.97. The van der Waals surface area contributed by atoms with Crippen molar-refractivity contribution in [2.75, 3.05) is 0 Å². The number of aryl methyl sites for hydroxylation is 2. The molecule has 0 bridgehead atoms. The zero-order valence-electron chi connectivity index (χ0n) is 8.85. The van der Waals surface area contributed by atoms with Crippen molar-refractivity contribution in [1.82, 2.24) is 0 Å². The van der Waals surface area contributed by atoms with Crippen molar-refractivity contribution in [3.05, 3.63) is 34.4 Å². The second-order valence-corrected chi connectivity index (χ2v) is 4.23. The van der Waals surface area contributed by atoms with Crippen LogP contribution in [0, 0.1) is 6.92 Å². The topological polar surface area (TPSA) is 0 Å². The molecule has 1 atom stereocenters. The number of benzene rings is 1. The van der Waals surface area contributed by atoms with Gasteiger partial charge in [-0.25, -0.2) is 0 Å². The van der Waals surface area contributed by atoms with Crippen molar-refractivity contribution in [3.8, 4) is 0 Å². The Hall–Kier alpha value is -0.780. The molecule has 1 aromatic rings. The zero-order chi connectivity index (χ0) is 9.42. The maximum Gasteiger partial charge on any atom is -0.0182 e. The fourth-order valence-corrected chi connectivity index (χ4v) is 2.64. The van der Waals surface area contributed by atoms with Crippen molar-refractivity contribution in [1.29, 1.82) is 0 Å². The van der Waals surface area contributed by atoms with Crippen molar-refractivity contribution in [3.63, 3.8) is 0 Å². The molecule has 0 amide bonds. The lowest BCUT2D eigenvalue weighted by molar-refractivity contribution is 0.740. The molecule has 0 aliphatic heterocycles. The summed E-state index contributed by atoms with van der Waals surface area (Å²) in [5.41, 5.74) is 6.37. The summed E-state index contributed by atoms with van der Waals surface area (Å²) in [6.45, 7) is 6.88. The molecule has 0 heteroatoms. The molecule has 0 spiro atoms. The predicted molar refractivity (Wildman–Crippen MR) is 57.3 cm³/mol. The van der Waals surface area contributed by atoms with Crippen LogP contribution >= 0.6 is 0 Å². The highest BCUT2D eigenvalue weighted by Gasteiger charge is 2.21. The van der Waals surface area contributed by atoms with Crippen molar-refractivity contribution in [2.24, 2.45) is 0 Å². The first kappa shape index (κ1) is 8.80. The van der Waals surface area contributed by atoms with Gasteiger partial charge < -0.3 is 0 Å². The van der Waals surface area contributed by atoms with E-state index in [0.717, 1.165) is 5.92 Å². The van der Waals surface area contributed by atoms with Crippen LogP contribution in [-0.4, -0.2) is 0 Å². The summed E-state index contributed by atoms with van der Waals surface area (Å²) in [7, 11) is 0. The molecule has 0 saturated carbocycles. The predicted octanol–water partition coefficient (Wildman–Crippen LogP) is 3.61. The second kappa shape index (κ2) is 3.17. The molecule has 2 rings (SSSR count). The van der Waals surface area contributed by atoms with Crippen molar-refractivity contribution in [2.45, 2.75) is 46.0 Å². The molecule has 0 fully saturated rings. The van der Waals surface area contributed by atoms with Gasteiger partial charge >= 0.3 is 0 Å². The average Bonchev–Trinajstić information content (AvgIpc) is 2.49. The van der Waals surface area contributed by atoms with Gasteiger partial charge in [-0.15, -0.1) is 0 Å². The SMILES string of the molecule is CCc1c(C)ccc2c1C(C)CC2. The van der Waals surface area contributed by atoms with Crippen LogP contribution in [0.1, 0.15) is 48.4 Å². The van der Waals surface area contributed by atoms with Crippen LogP contribution in [0.5, 0.6) is 0 Å². The van der Waals surface area contributed by atoms with Gasteiger partial charge in [0.2, 0.25) is 0 Å². The van der Waals surface area contributed by atoms with Gasteiger partial charge in [0, 0.05) is 0 Å². The first-order valence-electron chi connectivity index (χ1n) is 5.35. The van der Waals surface area contributed by atoms with E-state index >= 15 is 0 Å². The first-order valence-corrected chi connectivity index (χ1v) is 5.35. The Kier molecular flexibility index (Phi) is 2.15. The summed E-state index contributed by atoms with van der Waals surface area (Å²) in [6, 6.07) is 4.61. The molecule has 0 aromatic heterocycles. The Morgan fingerprint density at radius 1 is 1.38 bits per heavy atom. The lowest BCUT2D eigenvalue weighted by Gasteiger charge is -2.13. The van der Waals surface area contributed by atoms with E-state index in [1.807, 2.05) is 0 Å². The number of fused-ring (bicyclic) bond motifs is 1. The van der Waals surface area contributed by atoms with Crippen LogP contribution < -0.4 is 0 Å². The van der Waals surface area contributed by atoms with Gasteiger partial charge in [0.05, 0.1) is 0 Å². The third kappa shape index (κ3) is 1.29. The Balaban J connectivity index is 2.60. The molecule has 70 valence electrons. The zero-order valence-corrected chi connectivity index (χ0v) is 8.85. The normalized spacial score (nSPS) is 20.4. The summed E-state index contributed by atoms with van der Waals surface area (Å²) in [5.74, 6) is 0.796. The lowest BCUT2D eigenvalue weighted by atomic mass is 9.92. The molecule has 0 heterocycles. The maximum atomic E-state index is 2.37. The highest BCUT2D eigenvalue weighted by molar-refractivity contribution is 5.45. The minimum absolute atomic E-state index is 0.796. The Bertz CT molecular complexity index is 323. The van der Waals surface area contributed by atoms with E-state index in [2.05, 4.69) is 32.9 Å². The summed E-state index contributed by atoms with van der Waals surface area (Å²) in [6.07, 6.45) is 3.84. The summed E-state index contributed by atoms with van der Waals surface area (Å²) < 4.78 is 0. The standard InChI is InChI=1S/C13H18/c1-4-12-9(2)5-7-11-8-6-10(3)13(11)12/h5,7,10H,4,6,8H2,1-3H3. The second-order valence-electron chi connectivity index (χ2n) is 4.23. The van der Waals surface area contributed by atoms with Gasteiger partial charge in [0.25, 0.3) is 0 Å². The summed E-state index contributed by atoms with van der Waals surface area (Å²) in [5, 5.41) is 0. The van der Waals surface area contributed by atoms with E-state index < -0.39 is 0 Å². The van der Waals surface area contributed by atoms with Gasteiger partial charge in [-0.05, 0) is 54.4 Å². The van der Waals surface area contributed by atoms with Crippen molar-refractivity contribution >= 4 is 0 Å². The number of hydrogen-bond donors (Lipinski definition) is 0. The van der Waals surface area contributed by atoms with Crippen LogP contribution in [0.3, 0.4) is 0 Å². The van der Waals surface area contributed by atoms with Crippen LogP contribution in [0.25, 0.3) is 0 Å². The third-order valence-electron chi connectivity index (χ3n) is 3.37. The van der Waals surface area contributed by atoms with Gasteiger partial charge in [-0.3, -0.25) is 0 Å². The fraction of sp³-hybridized carbons (Fsp3) is 0.538. The van der Waals surface area contributed by atoms with Crippen molar-refractivity contribution < 1.29 is 0 Å². The molecule has 0 N–H and O–H groups in total. The van der Waals surface area contributed by atoms with Crippen LogP contribution in [0.2, 0.25) is 0 Å². The molecular formula is C13H18. The smallest absolute Gasteiger partial charge is 0.0182 e. The summed E-state index contributed by atoms with van der Waals surface area (Å²) >= 11 is 0. The molecule has 1 aliphatic rings. The maximum absolute atomic E-state index is 2.37. The van der Waals surface area contributed by atoms with Gasteiger partial charge in [0.15, 0.2) is 0 Å². The largest absolute Gasteiger partial charge is 0.0613 e. The van der Waals surface area contributed by atoms with E-state index in [-0.39, 0.29) is 0 Å². The van der Waals surface area contributed by atoms with E-state index in [1.54, 1.807) is 16.7 Å². The van der Waals surface area contributed by atoms with Gasteiger partial charge in [-0.1, -0.05) is 26.0 Å². The van der Waals surface area contributed by atoms with E-state index in [1.165, 1.54) is 24.8 Å². The average molecular weight is 174 g/mol. The minimum Gasteiger partial charge on any atom is -0.0613 e. The Morgan fingerprint density at radius 3 is 2.85 bits per heavy atom. The molecule has 0 radical (unpaired) electrons. The molecule has 1 aliphatic carbocycles. The Labute approximate surface area is 81.0 Å². The number of hydrogen-bond acceptors (Lipinski definition) is 0. The Morgan fingerprint density at radius 2 is 2.15 bits per heavy atom. The highest BCUT2D eigenvalue weighted by Crippen LogP contribution is 2.36. The van der Waals surface area contributed by atoms with Crippen LogP contribution in [-0.2, 0) is 12.8 Å². The minimum atomic E-state index is 0.796. The van der Waals surface area contributed by atoms with E-state index in [4.69, 9.17) is 0 Å². The molecule has 13 heavy (non-hydrogen) atoms. The molecule has 0 saturated heterocycles. The molecular weight excluding hydrogens is 156 g/mol. The van der Waals surface area contributed by atoms with Crippen LogP contribution in [0.15, 0.2) is 12.1 Å². The van der Waals surface area contributed by atoms with Crippen LogP contribution in [0.4, 0.5) is 0 Å². The van der Waals surface area contributed by atoms with E-state index in [0.29, 0.717) is 0 Å². The van der Waals surface area contributed by atoms with Gasteiger partial charge in [-0.2, -0.15) is 0 Å². The summed E-state index contributed by atoms with van der Waals surface area (Å²) in [4.78, 5) is 0. The number of rotatable bonds is 1. The van der Waals surface area contributed by atoms with E-state index in [9.17, 15) is 0 Å².